The average Bonchev–Trinajstić information content (AvgIpc) is 3.02. The third-order valence-corrected chi connectivity index (χ3v) is 5.75. The molecule has 1 atom stereocenters. The summed E-state index contributed by atoms with van der Waals surface area (Å²) in [5, 5.41) is 3.49. The first-order valence-electron chi connectivity index (χ1n) is 6.21. The van der Waals surface area contributed by atoms with Crippen LogP contribution in [0.2, 0.25) is 0 Å². The smallest absolute Gasteiger partial charge is 0.262 e. The molecule has 3 heterocycles. The van der Waals surface area contributed by atoms with Gasteiger partial charge in [-0.3, -0.25) is 0 Å². The molecule has 2 saturated heterocycles. The zero-order valence-electron chi connectivity index (χ0n) is 10.5. The summed E-state index contributed by atoms with van der Waals surface area (Å²) in [7, 11) is -1.63. The van der Waals surface area contributed by atoms with E-state index in [2.05, 4.69) is 10.3 Å². The van der Waals surface area contributed by atoms with Gasteiger partial charge in [-0.05, 0) is 24.8 Å². The highest BCUT2D eigenvalue weighted by atomic mass is 32.2. The average molecular weight is 270 g/mol. The quantitative estimate of drug-likeness (QED) is 0.808. The third-order valence-electron chi connectivity index (χ3n) is 4.02. The van der Waals surface area contributed by atoms with Crippen LogP contribution in [0, 0.1) is 5.41 Å². The summed E-state index contributed by atoms with van der Waals surface area (Å²) in [6, 6.07) is 0. The van der Waals surface area contributed by atoms with Crippen LogP contribution in [0.3, 0.4) is 0 Å². The molecule has 2 fully saturated rings. The Labute approximate surface area is 107 Å². The Morgan fingerprint density at radius 3 is 2.89 bits per heavy atom. The first-order valence-corrected chi connectivity index (χ1v) is 7.65. The van der Waals surface area contributed by atoms with Gasteiger partial charge in [0.15, 0.2) is 5.03 Å². The second kappa shape index (κ2) is 4.04. The fourth-order valence-corrected chi connectivity index (χ4v) is 4.42. The second-order valence-corrected chi connectivity index (χ2v) is 7.28. The molecule has 3 rings (SSSR count). The fraction of sp³-hybridized carbons (Fsp3) is 0.727. The van der Waals surface area contributed by atoms with Crippen LogP contribution in [-0.4, -0.2) is 48.5 Å². The van der Waals surface area contributed by atoms with Crippen LogP contribution in [-0.2, 0) is 17.1 Å². The van der Waals surface area contributed by atoms with Crippen molar-refractivity contribution >= 4 is 10.0 Å². The van der Waals surface area contributed by atoms with Crippen LogP contribution in [0.25, 0.3) is 0 Å². The lowest BCUT2D eigenvalue weighted by molar-refractivity contribution is 0.337. The zero-order chi connectivity index (χ0) is 12.8. The number of hydrogen-bond acceptors (Lipinski definition) is 4. The summed E-state index contributed by atoms with van der Waals surface area (Å²) < 4.78 is 28.1. The van der Waals surface area contributed by atoms with Crippen LogP contribution in [0.5, 0.6) is 0 Å². The molecule has 0 bridgehead atoms. The van der Waals surface area contributed by atoms with Crippen LogP contribution >= 0.6 is 0 Å². The Balaban J connectivity index is 1.83. The van der Waals surface area contributed by atoms with Crippen molar-refractivity contribution in [2.45, 2.75) is 17.9 Å². The predicted octanol–water partition coefficient (Wildman–Crippen LogP) is -0.206. The minimum Gasteiger partial charge on any atom is -0.339 e. The largest absolute Gasteiger partial charge is 0.339 e. The molecule has 18 heavy (non-hydrogen) atoms. The van der Waals surface area contributed by atoms with Gasteiger partial charge in [0.2, 0.25) is 0 Å². The summed E-state index contributed by atoms with van der Waals surface area (Å²) in [4.78, 5) is 3.96. The summed E-state index contributed by atoms with van der Waals surface area (Å²) in [6.07, 6.45) is 5.11. The van der Waals surface area contributed by atoms with E-state index in [1.165, 1.54) is 6.33 Å². The van der Waals surface area contributed by atoms with Crippen LogP contribution in [0.15, 0.2) is 17.6 Å². The van der Waals surface area contributed by atoms with Gasteiger partial charge >= 0.3 is 0 Å². The molecular weight excluding hydrogens is 252 g/mol. The van der Waals surface area contributed by atoms with E-state index < -0.39 is 10.0 Å². The van der Waals surface area contributed by atoms with E-state index in [0.717, 1.165) is 25.9 Å². The molecule has 1 aromatic heterocycles. The molecule has 100 valence electrons. The number of sulfonamides is 1. The van der Waals surface area contributed by atoms with E-state index in [4.69, 9.17) is 0 Å². The van der Waals surface area contributed by atoms with Crippen molar-refractivity contribution in [3.8, 4) is 0 Å². The minimum absolute atomic E-state index is 0.155. The maximum absolute atomic E-state index is 12.4. The Kier molecular flexibility index (Phi) is 2.72. The monoisotopic (exact) mass is 270 g/mol. The molecule has 2 aliphatic heterocycles. The van der Waals surface area contributed by atoms with Crippen molar-refractivity contribution in [2.75, 3.05) is 26.2 Å². The Hall–Kier alpha value is -0.920. The molecule has 0 aromatic carbocycles. The van der Waals surface area contributed by atoms with Crippen molar-refractivity contribution in [3.63, 3.8) is 0 Å². The van der Waals surface area contributed by atoms with Gasteiger partial charge in [0.1, 0.15) is 0 Å². The van der Waals surface area contributed by atoms with Crippen molar-refractivity contribution in [1.82, 2.24) is 19.2 Å². The molecule has 0 radical (unpaired) electrons. The number of imidazole rings is 1. The van der Waals surface area contributed by atoms with E-state index in [1.807, 2.05) is 0 Å². The van der Waals surface area contributed by atoms with Crippen molar-refractivity contribution in [2.24, 2.45) is 12.5 Å². The lowest BCUT2D eigenvalue weighted by atomic mass is 9.87. The highest BCUT2D eigenvalue weighted by Gasteiger charge is 2.44. The van der Waals surface area contributed by atoms with Gasteiger partial charge in [-0.2, -0.15) is 4.31 Å². The summed E-state index contributed by atoms with van der Waals surface area (Å²) >= 11 is 0. The van der Waals surface area contributed by atoms with Crippen molar-refractivity contribution in [3.05, 3.63) is 12.5 Å². The SMILES string of the molecule is Cn1cnc(S(=O)(=O)N2CCC3(CCNC3)C2)c1. The predicted molar refractivity (Wildman–Crippen MR) is 66.5 cm³/mol. The molecule has 1 aromatic rings. The van der Waals surface area contributed by atoms with Gasteiger partial charge in [0.05, 0.1) is 6.33 Å². The first-order chi connectivity index (χ1) is 8.52. The van der Waals surface area contributed by atoms with E-state index in [9.17, 15) is 8.42 Å². The highest BCUT2D eigenvalue weighted by molar-refractivity contribution is 7.89. The summed E-state index contributed by atoms with van der Waals surface area (Å²) in [5.41, 5.74) is 0.155. The van der Waals surface area contributed by atoms with Gasteiger partial charge in [0.25, 0.3) is 10.0 Å². The summed E-state index contributed by atoms with van der Waals surface area (Å²) in [6.45, 7) is 3.16. The number of nitrogens with one attached hydrogen (secondary N) is 1. The lowest BCUT2D eigenvalue weighted by Gasteiger charge is -2.22. The van der Waals surface area contributed by atoms with Gasteiger partial charge < -0.3 is 9.88 Å². The van der Waals surface area contributed by atoms with E-state index in [-0.39, 0.29) is 10.4 Å². The molecule has 0 amide bonds. The number of aryl methyl sites for hydroxylation is 1. The Morgan fingerprint density at radius 2 is 2.28 bits per heavy atom. The minimum atomic E-state index is -3.41. The maximum Gasteiger partial charge on any atom is 0.262 e. The summed E-state index contributed by atoms with van der Waals surface area (Å²) in [5.74, 6) is 0. The van der Waals surface area contributed by atoms with Gasteiger partial charge in [-0.1, -0.05) is 0 Å². The molecule has 1 N–H and O–H groups in total. The molecule has 0 aliphatic carbocycles. The van der Waals surface area contributed by atoms with Gasteiger partial charge in [-0.15, -0.1) is 0 Å². The molecule has 1 unspecified atom stereocenters. The van der Waals surface area contributed by atoms with Crippen LogP contribution in [0.1, 0.15) is 12.8 Å². The Morgan fingerprint density at radius 1 is 1.44 bits per heavy atom. The van der Waals surface area contributed by atoms with E-state index in [1.54, 1.807) is 22.1 Å². The number of hydrogen-bond donors (Lipinski definition) is 1. The number of nitrogens with zero attached hydrogens (tertiary/aromatic N) is 3. The number of rotatable bonds is 2. The normalized spacial score (nSPS) is 29.4. The van der Waals surface area contributed by atoms with E-state index >= 15 is 0 Å². The fourth-order valence-electron chi connectivity index (χ4n) is 2.90. The van der Waals surface area contributed by atoms with E-state index in [0.29, 0.717) is 13.1 Å². The van der Waals surface area contributed by atoms with Gasteiger partial charge in [0, 0.05) is 32.9 Å². The van der Waals surface area contributed by atoms with Crippen molar-refractivity contribution in [1.29, 1.82) is 0 Å². The molecule has 0 saturated carbocycles. The molecule has 7 heteroatoms. The van der Waals surface area contributed by atoms with Gasteiger partial charge in [-0.25, -0.2) is 13.4 Å². The molecule has 1 spiro atoms. The highest BCUT2D eigenvalue weighted by Crippen LogP contribution is 2.38. The second-order valence-electron chi connectivity index (χ2n) is 5.39. The first kappa shape index (κ1) is 12.1. The van der Waals surface area contributed by atoms with Crippen LogP contribution in [0.4, 0.5) is 0 Å². The zero-order valence-corrected chi connectivity index (χ0v) is 11.3. The number of aromatic nitrogens is 2. The topological polar surface area (TPSA) is 67.2 Å². The third kappa shape index (κ3) is 1.86. The Bertz CT molecular complexity index is 545. The molecule has 2 aliphatic rings. The van der Waals surface area contributed by atoms with Crippen molar-refractivity contribution < 1.29 is 8.42 Å². The molecular formula is C11H18N4O2S. The lowest BCUT2D eigenvalue weighted by Crippen LogP contribution is -2.33. The maximum atomic E-state index is 12.4. The molecule has 6 nitrogen and oxygen atoms in total. The standard InChI is InChI=1S/C11H18N4O2S/c1-14-6-10(13-9-14)18(16,17)15-5-3-11(8-15)2-4-12-7-11/h6,9,12H,2-5,7-8H2,1H3. The van der Waals surface area contributed by atoms with Crippen LogP contribution < -0.4 is 5.32 Å².